The highest BCUT2D eigenvalue weighted by molar-refractivity contribution is 5.32. The van der Waals surface area contributed by atoms with Gasteiger partial charge < -0.3 is 4.90 Å². The average molecular weight is 263 g/mol. The highest BCUT2D eigenvalue weighted by atomic mass is 15.3. The zero-order valence-electron chi connectivity index (χ0n) is 12.7. The molecule has 1 heterocycles. The fourth-order valence-electron chi connectivity index (χ4n) is 2.33. The molecule has 1 atom stereocenters. The molecule has 0 aliphatic heterocycles. The van der Waals surface area contributed by atoms with Crippen LogP contribution in [0.5, 0.6) is 0 Å². The Morgan fingerprint density at radius 1 is 1.37 bits per heavy atom. The number of nitrogens with zero attached hydrogens (tertiary/aromatic N) is 4. The van der Waals surface area contributed by atoms with E-state index in [2.05, 4.69) is 35.2 Å². The fraction of sp³-hybridized carbons (Fsp3) is 0.714. The van der Waals surface area contributed by atoms with Gasteiger partial charge in [-0.25, -0.2) is 0 Å². The van der Waals surface area contributed by atoms with Gasteiger partial charge in [0.1, 0.15) is 6.04 Å². The van der Waals surface area contributed by atoms with Crippen molar-refractivity contribution in [2.24, 2.45) is 7.05 Å². The molecule has 0 saturated heterocycles. The van der Waals surface area contributed by atoms with Crippen LogP contribution in [0.4, 0.5) is 0 Å². The summed E-state index contributed by atoms with van der Waals surface area (Å²) in [5.41, 5.74) is 3.01. The summed E-state index contributed by atoms with van der Waals surface area (Å²) in [6.07, 6.45) is 0. The Hall–Kier alpha value is -1.38. The van der Waals surface area contributed by atoms with Gasteiger partial charge in [0.15, 0.2) is 0 Å². The molecule has 0 fully saturated rings. The summed E-state index contributed by atoms with van der Waals surface area (Å²) in [7, 11) is 1.91. The number of aryl methyl sites for hydroxylation is 2. The third-order valence-corrected chi connectivity index (χ3v) is 3.65. The van der Waals surface area contributed by atoms with Gasteiger partial charge >= 0.3 is 0 Å². The maximum Gasteiger partial charge on any atom is 0.124 e. The Labute approximate surface area is 116 Å². The van der Waals surface area contributed by atoms with E-state index in [1.54, 1.807) is 0 Å². The van der Waals surface area contributed by atoms with Crippen molar-refractivity contribution in [3.05, 3.63) is 17.0 Å². The molecule has 0 saturated carbocycles. The lowest BCUT2D eigenvalue weighted by Gasteiger charge is -2.19. The standard InChI is InChI=1S/C14H25N5/c1-6-19(7-2)9-8-16-13(10-15)14-11(3)17-18(5)12(14)4/h13,16H,6-9H2,1-5H3. The normalized spacial score (nSPS) is 12.7. The lowest BCUT2D eigenvalue weighted by Crippen LogP contribution is -2.33. The molecule has 19 heavy (non-hydrogen) atoms. The first kappa shape index (κ1) is 15.7. The van der Waals surface area contributed by atoms with Crippen molar-refractivity contribution in [3.8, 4) is 6.07 Å². The van der Waals surface area contributed by atoms with Crippen LogP contribution in [0, 0.1) is 25.2 Å². The summed E-state index contributed by atoms with van der Waals surface area (Å²) in [6.45, 7) is 12.1. The van der Waals surface area contributed by atoms with Gasteiger partial charge in [-0.05, 0) is 26.9 Å². The second-order valence-corrected chi connectivity index (χ2v) is 4.75. The number of nitrogens with one attached hydrogen (secondary N) is 1. The number of hydrogen-bond donors (Lipinski definition) is 1. The highest BCUT2D eigenvalue weighted by Gasteiger charge is 2.19. The van der Waals surface area contributed by atoms with Crippen LogP contribution in [0.2, 0.25) is 0 Å². The number of aromatic nitrogens is 2. The predicted molar refractivity (Wildman–Crippen MR) is 76.8 cm³/mol. The summed E-state index contributed by atoms with van der Waals surface area (Å²) in [5.74, 6) is 0. The minimum Gasteiger partial charge on any atom is -0.303 e. The van der Waals surface area contributed by atoms with Crippen LogP contribution in [0.1, 0.15) is 36.8 Å². The molecule has 1 aromatic rings. The molecule has 0 aliphatic rings. The van der Waals surface area contributed by atoms with E-state index in [4.69, 9.17) is 0 Å². The third-order valence-electron chi connectivity index (χ3n) is 3.65. The molecule has 0 aromatic carbocycles. The molecule has 0 spiro atoms. The molecular formula is C14H25N5. The van der Waals surface area contributed by atoms with E-state index in [1.165, 1.54) is 0 Å². The number of rotatable bonds is 7. The van der Waals surface area contributed by atoms with Crippen LogP contribution in [-0.4, -0.2) is 40.9 Å². The zero-order valence-corrected chi connectivity index (χ0v) is 12.7. The first-order valence-corrected chi connectivity index (χ1v) is 6.90. The van der Waals surface area contributed by atoms with E-state index in [1.807, 2.05) is 25.6 Å². The Morgan fingerprint density at radius 3 is 2.42 bits per heavy atom. The van der Waals surface area contributed by atoms with Crippen molar-refractivity contribution in [1.29, 1.82) is 5.26 Å². The molecule has 0 radical (unpaired) electrons. The molecule has 1 N–H and O–H groups in total. The molecule has 1 aromatic heterocycles. The van der Waals surface area contributed by atoms with Gasteiger partial charge in [-0.2, -0.15) is 10.4 Å². The lowest BCUT2D eigenvalue weighted by molar-refractivity contribution is 0.300. The molecule has 5 nitrogen and oxygen atoms in total. The first-order valence-electron chi connectivity index (χ1n) is 6.90. The van der Waals surface area contributed by atoms with E-state index in [0.717, 1.165) is 43.1 Å². The van der Waals surface area contributed by atoms with Gasteiger partial charge in [0.25, 0.3) is 0 Å². The van der Waals surface area contributed by atoms with Gasteiger partial charge in [0.05, 0.1) is 11.8 Å². The molecule has 1 unspecified atom stereocenters. The van der Waals surface area contributed by atoms with Crippen LogP contribution >= 0.6 is 0 Å². The summed E-state index contributed by atoms with van der Waals surface area (Å²) in [6, 6.07) is 2.07. The average Bonchev–Trinajstić information content (AvgIpc) is 2.65. The van der Waals surface area contributed by atoms with E-state index in [-0.39, 0.29) is 6.04 Å². The smallest absolute Gasteiger partial charge is 0.124 e. The zero-order chi connectivity index (χ0) is 14.4. The molecule has 0 bridgehead atoms. The van der Waals surface area contributed by atoms with Crippen LogP contribution in [0.15, 0.2) is 0 Å². The van der Waals surface area contributed by atoms with Crippen LogP contribution < -0.4 is 5.32 Å². The van der Waals surface area contributed by atoms with Crippen molar-refractivity contribution in [1.82, 2.24) is 20.0 Å². The third kappa shape index (κ3) is 3.79. The second kappa shape index (κ2) is 7.27. The van der Waals surface area contributed by atoms with E-state index in [9.17, 15) is 5.26 Å². The van der Waals surface area contributed by atoms with Crippen molar-refractivity contribution in [3.63, 3.8) is 0 Å². The molecule has 0 amide bonds. The van der Waals surface area contributed by atoms with Gasteiger partial charge in [-0.3, -0.25) is 10.00 Å². The SMILES string of the molecule is CCN(CC)CCNC(C#N)c1c(C)nn(C)c1C. The predicted octanol–water partition coefficient (Wildman–Crippen LogP) is 1.53. The van der Waals surface area contributed by atoms with E-state index < -0.39 is 0 Å². The van der Waals surface area contributed by atoms with Gasteiger partial charge in [0.2, 0.25) is 0 Å². The maximum absolute atomic E-state index is 9.35. The number of hydrogen-bond acceptors (Lipinski definition) is 4. The van der Waals surface area contributed by atoms with Crippen LogP contribution in [-0.2, 0) is 7.05 Å². The highest BCUT2D eigenvalue weighted by Crippen LogP contribution is 2.20. The summed E-state index contributed by atoms with van der Waals surface area (Å²) in [5, 5.41) is 17.0. The summed E-state index contributed by atoms with van der Waals surface area (Å²) >= 11 is 0. The summed E-state index contributed by atoms with van der Waals surface area (Å²) in [4.78, 5) is 2.34. The molecule has 106 valence electrons. The lowest BCUT2D eigenvalue weighted by atomic mass is 10.1. The molecule has 5 heteroatoms. The van der Waals surface area contributed by atoms with Crippen LogP contribution in [0.25, 0.3) is 0 Å². The largest absolute Gasteiger partial charge is 0.303 e. The molecule has 0 aliphatic carbocycles. The molecular weight excluding hydrogens is 238 g/mol. The number of likely N-dealkylation sites (N-methyl/N-ethyl adjacent to an activating group) is 1. The van der Waals surface area contributed by atoms with Crippen molar-refractivity contribution in [2.75, 3.05) is 26.2 Å². The first-order chi connectivity index (χ1) is 9.04. The quantitative estimate of drug-likeness (QED) is 0.810. The fourth-order valence-corrected chi connectivity index (χ4v) is 2.33. The Morgan fingerprint density at radius 2 is 2.00 bits per heavy atom. The van der Waals surface area contributed by atoms with Crippen molar-refractivity contribution >= 4 is 0 Å². The van der Waals surface area contributed by atoms with Crippen molar-refractivity contribution in [2.45, 2.75) is 33.7 Å². The minimum atomic E-state index is -0.274. The Balaban J connectivity index is 2.67. The second-order valence-electron chi connectivity index (χ2n) is 4.75. The van der Waals surface area contributed by atoms with Crippen LogP contribution in [0.3, 0.4) is 0 Å². The van der Waals surface area contributed by atoms with Gasteiger partial charge in [0, 0.05) is 31.4 Å². The van der Waals surface area contributed by atoms with Crippen molar-refractivity contribution < 1.29 is 0 Å². The Kier molecular flexibility index (Phi) is 6.00. The van der Waals surface area contributed by atoms with Gasteiger partial charge in [-0.1, -0.05) is 13.8 Å². The molecule has 1 rings (SSSR count). The van der Waals surface area contributed by atoms with E-state index in [0.29, 0.717) is 0 Å². The Bertz CT molecular complexity index is 439. The topological polar surface area (TPSA) is 56.9 Å². The monoisotopic (exact) mass is 263 g/mol. The summed E-state index contributed by atoms with van der Waals surface area (Å²) < 4.78 is 1.83. The van der Waals surface area contributed by atoms with E-state index >= 15 is 0 Å². The van der Waals surface area contributed by atoms with Gasteiger partial charge in [-0.15, -0.1) is 0 Å². The minimum absolute atomic E-state index is 0.274. The maximum atomic E-state index is 9.35. The number of nitriles is 1.